The summed E-state index contributed by atoms with van der Waals surface area (Å²) >= 11 is 0. The van der Waals surface area contributed by atoms with Crippen molar-refractivity contribution in [3.8, 4) is 0 Å². The van der Waals surface area contributed by atoms with Crippen molar-refractivity contribution in [3.05, 3.63) is 23.8 Å². The minimum absolute atomic E-state index is 0.211. The normalized spacial score (nSPS) is 18.1. The van der Waals surface area contributed by atoms with Gasteiger partial charge in [-0.1, -0.05) is 12.7 Å². The van der Waals surface area contributed by atoms with E-state index >= 15 is 0 Å². The highest BCUT2D eigenvalue weighted by Gasteiger charge is 2.40. The highest BCUT2D eigenvalue weighted by molar-refractivity contribution is 6.20. The summed E-state index contributed by atoms with van der Waals surface area (Å²) in [6.45, 7) is 10.7. The molecule has 0 spiro atoms. The lowest BCUT2D eigenvalue weighted by atomic mass is 10.1. The van der Waals surface area contributed by atoms with Crippen LogP contribution < -0.4 is 0 Å². The number of carbonyl (C=O) groups is 2. The average molecular weight is 193 g/mol. The van der Waals surface area contributed by atoms with Crippen LogP contribution in [0.15, 0.2) is 23.8 Å². The van der Waals surface area contributed by atoms with Gasteiger partial charge in [-0.2, -0.15) is 0 Å². The van der Waals surface area contributed by atoms with Crippen LogP contribution in [0.2, 0.25) is 0 Å². The first kappa shape index (κ1) is 10.7. The van der Waals surface area contributed by atoms with Crippen LogP contribution in [-0.4, -0.2) is 22.3 Å². The van der Waals surface area contributed by atoms with E-state index in [1.165, 1.54) is 11.0 Å². The maximum Gasteiger partial charge on any atom is 0.261 e. The number of hydrogen-bond acceptors (Lipinski definition) is 2. The molecule has 1 heterocycles. The van der Waals surface area contributed by atoms with Crippen LogP contribution in [0.5, 0.6) is 0 Å². The van der Waals surface area contributed by atoms with Gasteiger partial charge in [-0.25, -0.2) is 0 Å². The first-order valence-corrected chi connectivity index (χ1v) is 4.53. The van der Waals surface area contributed by atoms with Gasteiger partial charge in [0, 0.05) is 16.7 Å². The summed E-state index contributed by atoms with van der Waals surface area (Å²) in [5, 5.41) is 0. The molecule has 0 fully saturated rings. The Bertz CT molecular complexity index is 345. The summed E-state index contributed by atoms with van der Waals surface area (Å²) in [5.74, 6) is -0.451. The zero-order valence-corrected chi connectivity index (χ0v) is 9.05. The molecule has 0 aromatic carbocycles. The van der Waals surface area contributed by atoms with Gasteiger partial charge in [-0.3, -0.25) is 14.5 Å². The number of nitrogens with zero attached hydrogens (tertiary/aromatic N) is 1. The van der Waals surface area contributed by atoms with Crippen LogP contribution in [0, 0.1) is 0 Å². The zero-order valence-electron chi connectivity index (χ0n) is 9.05. The third-order valence-corrected chi connectivity index (χ3v) is 2.24. The van der Waals surface area contributed by atoms with E-state index in [-0.39, 0.29) is 11.8 Å². The lowest BCUT2D eigenvalue weighted by Crippen LogP contribution is -2.46. The van der Waals surface area contributed by atoms with Crippen molar-refractivity contribution in [2.24, 2.45) is 0 Å². The lowest BCUT2D eigenvalue weighted by Gasteiger charge is -2.30. The van der Waals surface area contributed by atoms with Gasteiger partial charge in [-0.15, -0.1) is 0 Å². The number of hydrogen-bond donors (Lipinski definition) is 0. The maximum atomic E-state index is 11.8. The Labute approximate surface area is 84.1 Å². The van der Waals surface area contributed by atoms with Gasteiger partial charge in [0.05, 0.1) is 0 Å². The molecule has 3 heteroatoms. The number of rotatable bonds is 1. The van der Waals surface area contributed by atoms with E-state index in [1.54, 1.807) is 6.92 Å². The molecule has 0 N–H and O–H groups in total. The van der Waals surface area contributed by atoms with Crippen molar-refractivity contribution in [2.75, 3.05) is 0 Å². The van der Waals surface area contributed by atoms with Crippen LogP contribution in [0.3, 0.4) is 0 Å². The van der Waals surface area contributed by atoms with Crippen molar-refractivity contribution in [3.63, 3.8) is 0 Å². The molecular formula is C11H15NO2. The van der Waals surface area contributed by atoms with Crippen molar-refractivity contribution in [1.82, 2.24) is 4.90 Å². The van der Waals surface area contributed by atoms with Crippen molar-refractivity contribution < 1.29 is 9.59 Å². The van der Waals surface area contributed by atoms with Crippen LogP contribution >= 0.6 is 0 Å². The van der Waals surface area contributed by atoms with Gasteiger partial charge in [0.15, 0.2) is 0 Å². The third kappa shape index (κ3) is 1.39. The molecule has 1 aliphatic rings. The molecule has 0 aliphatic carbocycles. The van der Waals surface area contributed by atoms with Gasteiger partial charge >= 0.3 is 0 Å². The van der Waals surface area contributed by atoms with Crippen LogP contribution in [0.4, 0.5) is 0 Å². The minimum atomic E-state index is -0.472. The molecule has 0 aromatic rings. The molecule has 0 unspecified atom stereocenters. The molecule has 14 heavy (non-hydrogen) atoms. The predicted molar refractivity (Wildman–Crippen MR) is 54.5 cm³/mol. The second kappa shape index (κ2) is 3.08. The summed E-state index contributed by atoms with van der Waals surface area (Å²) in [6, 6.07) is 0. The summed E-state index contributed by atoms with van der Waals surface area (Å²) in [6.07, 6.45) is 1.45. The van der Waals surface area contributed by atoms with E-state index < -0.39 is 5.54 Å². The van der Waals surface area contributed by atoms with Gasteiger partial charge < -0.3 is 0 Å². The zero-order chi connectivity index (χ0) is 11.1. The second-order valence-corrected chi connectivity index (χ2v) is 4.36. The lowest BCUT2D eigenvalue weighted by molar-refractivity contribution is -0.142. The number of amides is 2. The molecule has 1 aliphatic heterocycles. The highest BCUT2D eigenvalue weighted by Crippen LogP contribution is 2.27. The molecule has 0 aromatic heterocycles. The number of imide groups is 1. The minimum Gasteiger partial charge on any atom is -0.269 e. The van der Waals surface area contributed by atoms with Gasteiger partial charge in [0.2, 0.25) is 0 Å². The molecule has 2 amide bonds. The molecule has 76 valence electrons. The van der Waals surface area contributed by atoms with Crippen molar-refractivity contribution >= 4 is 11.8 Å². The topological polar surface area (TPSA) is 37.4 Å². The fourth-order valence-corrected chi connectivity index (χ4v) is 1.51. The molecule has 1 rings (SSSR count). The number of carbonyl (C=O) groups excluding carboxylic acids is 2. The van der Waals surface area contributed by atoms with Crippen LogP contribution in [-0.2, 0) is 9.59 Å². The largest absolute Gasteiger partial charge is 0.269 e. The maximum absolute atomic E-state index is 11.8. The standard InChI is InChI=1S/C11H15NO2/c1-6-8-7(2)9(13)12(10(8)14)11(3,4)5/h6H,1H2,2-5H3. The summed E-state index contributed by atoms with van der Waals surface area (Å²) in [5.41, 5.74) is 0.435. The molecule has 0 atom stereocenters. The Morgan fingerprint density at radius 2 is 1.71 bits per heavy atom. The van der Waals surface area contributed by atoms with Gasteiger partial charge in [-0.05, 0) is 27.7 Å². The monoisotopic (exact) mass is 193 g/mol. The molecule has 0 bridgehead atoms. The first-order valence-electron chi connectivity index (χ1n) is 4.53. The SMILES string of the molecule is C=CC1=C(C)C(=O)N(C(C)(C)C)C1=O. The molecule has 0 saturated carbocycles. The van der Waals surface area contributed by atoms with E-state index in [0.29, 0.717) is 11.1 Å². The van der Waals surface area contributed by atoms with Gasteiger partial charge in [0.1, 0.15) is 0 Å². The van der Waals surface area contributed by atoms with E-state index in [4.69, 9.17) is 0 Å². The first-order chi connectivity index (χ1) is 6.30. The van der Waals surface area contributed by atoms with Crippen molar-refractivity contribution in [2.45, 2.75) is 33.2 Å². The molecular weight excluding hydrogens is 178 g/mol. The van der Waals surface area contributed by atoms with E-state index in [2.05, 4.69) is 6.58 Å². The fraction of sp³-hybridized carbons (Fsp3) is 0.455. The fourth-order valence-electron chi connectivity index (χ4n) is 1.51. The van der Waals surface area contributed by atoms with E-state index in [1.807, 2.05) is 20.8 Å². The predicted octanol–water partition coefficient (Wildman–Crippen LogP) is 1.66. The van der Waals surface area contributed by atoms with Crippen LogP contribution in [0.1, 0.15) is 27.7 Å². The Balaban J connectivity index is 3.19. The molecule has 3 nitrogen and oxygen atoms in total. The second-order valence-electron chi connectivity index (χ2n) is 4.36. The Hall–Kier alpha value is -1.38. The Morgan fingerprint density at radius 3 is 1.93 bits per heavy atom. The summed E-state index contributed by atoms with van der Waals surface area (Å²) in [4.78, 5) is 24.8. The molecule has 0 radical (unpaired) electrons. The summed E-state index contributed by atoms with van der Waals surface area (Å²) < 4.78 is 0. The average Bonchev–Trinajstić information content (AvgIpc) is 2.22. The quantitative estimate of drug-likeness (QED) is 0.594. The highest BCUT2D eigenvalue weighted by atomic mass is 16.2. The third-order valence-electron chi connectivity index (χ3n) is 2.24. The van der Waals surface area contributed by atoms with E-state index in [9.17, 15) is 9.59 Å². The Morgan fingerprint density at radius 1 is 1.21 bits per heavy atom. The molecule has 0 saturated heterocycles. The smallest absolute Gasteiger partial charge is 0.261 e. The van der Waals surface area contributed by atoms with Crippen molar-refractivity contribution in [1.29, 1.82) is 0 Å². The summed E-state index contributed by atoms with van der Waals surface area (Å²) in [7, 11) is 0. The van der Waals surface area contributed by atoms with Crippen LogP contribution in [0.25, 0.3) is 0 Å². The Kier molecular flexibility index (Phi) is 2.36. The van der Waals surface area contributed by atoms with Gasteiger partial charge in [0.25, 0.3) is 11.8 Å². The van der Waals surface area contributed by atoms with E-state index in [0.717, 1.165) is 0 Å².